The summed E-state index contributed by atoms with van der Waals surface area (Å²) in [6.45, 7) is 7.56. The zero-order valence-corrected chi connectivity index (χ0v) is 23.1. The SMILES string of the molecule is CCC(C)C(N)C(=O)NC(CCSC)C(=O)NC(CC(C)C)C(=O)NC(Cc1ccc(O)cc1)C(=O)O. The number of hydrogen-bond acceptors (Lipinski definition) is 7. The average molecular weight is 539 g/mol. The third-order valence-electron chi connectivity index (χ3n) is 6.13. The predicted molar refractivity (Wildman–Crippen MR) is 145 cm³/mol. The lowest BCUT2D eigenvalue weighted by atomic mass is 9.98. The van der Waals surface area contributed by atoms with Crippen molar-refractivity contribution < 1.29 is 29.4 Å². The third-order valence-corrected chi connectivity index (χ3v) is 6.78. The fraction of sp³-hybridized carbons (Fsp3) is 0.615. The van der Waals surface area contributed by atoms with Crippen molar-refractivity contribution in [2.75, 3.05) is 12.0 Å². The van der Waals surface area contributed by atoms with Gasteiger partial charge in [-0.15, -0.1) is 0 Å². The van der Waals surface area contributed by atoms with Crippen molar-refractivity contribution in [1.29, 1.82) is 0 Å². The molecule has 208 valence electrons. The number of nitrogens with two attached hydrogens (primary N) is 1. The first-order chi connectivity index (χ1) is 17.4. The van der Waals surface area contributed by atoms with Gasteiger partial charge in [-0.2, -0.15) is 11.8 Å². The second-order valence-electron chi connectivity index (χ2n) is 9.71. The number of aromatic hydroxyl groups is 1. The van der Waals surface area contributed by atoms with Crippen LogP contribution in [0, 0.1) is 11.8 Å². The molecule has 11 heteroatoms. The minimum Gasteiger partial charge on any atom is -0.508 e. The van der Waals surface area contributed by atoms with Crippen LogP contribution >= 0.6 is 11.8 Å². The highest BCUT2D eigenvalue weighted by atomic mass is 32.2. The minimum absolute atomic E-state index is 0.00358. The maximum Gasteiger partial charge on any atom is 0.326 e. The van der Waals surface area contributed by atoms with Crippen molar-refractivity contribution in [3.05, 3.63) is 29.8 Å². The fourth-order valence-electron chi connectivity index (χ4n) is 3.60. The monoisotopic (exact) mass is 538 g/mol. The number of rotatable bonds is 16. The molecule has 3 amide bonds. The molecular formula is C26H42N4O6S. The van der Waals surface area contributed by atoms with E-state index >= 15 is 0 Å². The van der Waals surface area contributed by atoms with E-state index in [9.17, 15) is 29.4 Å². The van der Waals surface area contributed by atoms with E-state index in [4.69, 9.17) is 5.73 Å². The van der Waals surface area contributed by atoms with Crippen LogP contribution in [-0.4, -0.2) is 70.1 Å². The van der Waals surface area contributed by atoms with Gasteiger partial charge in [0.15, 0.2) is 0 Å². The lowest BCUT2D eigenvalue weighted by Crippen LogP contribution is -2.58. The quantitative estimate of drug-likeness (QED) is 0.184. The van der Waals surface area contributed by atoms with Crippen LogP contribution in [-0.2, 0) is 25.6 Å². The largest absolute Gasteiger partial charge is 0.508 e. The molecule has 0 aliphatic carbocycles. The van der Waals surface area contributed by atoms with Gasteiger partial charge in [0.1, 0.15) is 23.9 Å². The van der Waals surface area contributed by atoms with Gasteiger partial charge >= 0.3 is 5.97 Å². The van der Waals surface area contributed by atoms with Gasteiger partial charge in [-0.3, -0.25) is 14.4 Å². The Kier molecular flexibility index (Phi) is 14.1. The van der Waals surface area contributed by atoms with E-state index in [2.05, 4.69) is 16.0 Å². The molecule has 5 unspecified atom stereocenters. The van der Waals surface area contributed by atoms with Crippen LogP contribution in [0.2, 0.25) is 0 Å². The summed E-state index contributed by atoms with van der Waals surface area (Å²) in [7, 11) is 0. The highest BCUT2D eigenvalue weighted by molar-refractivity contribution is 7.98. The number of carbonyl (C=O) groups is 4. The molecular weight excluding hydrogens is 496 g/mol. The van der Waals surface area contributed by atoms with Crippen LogP contribution < -0.4 is 21.7 Å². The van der Waals surface area contributed by atoms with E-state index in [1.807, 2.05) is 34.0 Å². The Hall–Kier alpha value is -2.79. The molecule has 0 aliphatic heterocycles. The summed E-state index contributed by atoms with van der Waals surface area (Å²) in [6, 6.07) is 2.16. The van der Waals surface area contributed by atoms with Crippen LogP contribution in [0.5, 0.6) is 5.75 Å². The van der Waals surface area contributed by atoms with Gasteiger partial charge in [0.2, 0.25) is 17.7 Å². The summed E-state index contributed by atoms with van der Waals surface area (Å²) in [5.74, 6) is -2.19. The molecule has 1 aromatic carbocycles. The molecule has 5 atom stereocenters. The minimum atomic E-state index is -1.23. The highest BCUT2D eigenvalue weighted by Gasteiger charge is 2.31. The number of carboxylic acid groups (broad SMARTS) is 1. The van der Waals surface area contributed by atoms with Crippen LogP contribution in [0.25, 0.3) is 0 Å². The second kappa shape index (κ2) is 16.1. The molecule has 0 aliphatic rings. The number of thioether (sulfide) groups is 1. The number of phenols is 1. The van der Waals surface area contributed by atoms with Gasteiger partial charge in [-0.1, -0.05) is 46.2 Å². The van der Waals surface area contributed by atoms with Crippen molar-refractivity contribution in [3.63, 3.8) is 0 Å². The number of benzene rings is 1. The summed E-state index contributed by atoms with van der Waals surface area (Å²) >= 11 is 1.52. The van der Waals surface area contributed by atoms with Crippen molar-refractivity contribution in [3.8, 4) is 5.75 Å². The number of hydrogen-bond donors (Lipinski definition) is 6. The molecule has 0 bridgehead atoms. The number of carbonyl (C=O) groups excluding carboxylic acids is 3. The normalized spacial score (nSPS) is 15.2. The maximum atomic E-state index is 13.2. The number of amides is 3. The summed E-state index contributed by atoms with van der Waals surface area (Å²) in [5, 5.41) is 27.1. The standard InChI is InChI=1S/C26H42N4O6S/c1-6-16(4)22(27)25(34)28-19(11-12-37-5)23(32)29-20(13-15(2)3)24(33)30-21(26(35)36)14-17-7-9-18(31)10-8-17/h7-10,15-16,19-22,31H,6,11-14,27H2,1-5H3,(H,28,34)(H,29,32)(H,30,33)(H,35,36). The van der Waals surface area contributed by atoms with Crippen LogP contribution in [0.1, 0.15) is 52.5 Å². The van der Waals surface area contributed by atoms with E-state index < -0.39 is 47.9 Å². The molecule has 37 heavy (non-hydrogen) atoms. The lowest BCUT2D eigenvalue weighted by Gasteiger charge is -2.27. The number of phenolic OH excluding ortho intramolecular Hbond substituents is 1. The molecule has 0 spiro atoms. The predicted octanol–water partition coefficient (Wildman–Crippen LogP) is 1.65. The molecule has 10 nitrogen and oxygen atoms in total. The Balaban J connectivity index is 3.01. The Morgan fingerprint density at radius 3 is 1.97 bits per heavy atom. The summed E-state index contributed by atoms with van der Waals surface area (Å²) in [6.07, 6.45) is 3.22. The van der Waals surface area contributed by atoms with Gasteiger partial charge in [0.05, 0.1) is 6.04 Å². The number of carboxylic acids is 1. The molecule has 0 radical (unpaired) electrons. The second-order valence-corrected chi connectivity index (χ2v) is 10.7. The maximum absolute atomic E-state index is 13.2. The zero-order valence-electron chi connectivity index (χ0n) is 22.3. The van der Waals surface area contributed by atoms with Crippen LogP contribution in [0.4, 0.5) is 0 Å². The van der Waals surface area contributed by atoms with E-state index in [0.29, 0.717) is 24.2 Å². The number of aliphatic carboxylic acids is 1. The Morgan fingerprint density at radius 1 is 0.919 bits per heavy atom. The summed E-state index contributed by atoms with van der Waals surface area (Å²) < 4.78 is 0. The van der Waals surface area contributed by atoms with Crippen molar-refractivity contribution in [2.45, 2.75) is 77.5 Å². The van der Waals surface area contributed by atoms with Crippen LogP contribution in [0.3, 0.4) is 0 Å². The van der Waals surface area contributed by atoms with E-state index in [0.717, 1.165) is 0 Å². The van der Waals surface area contributed by atoms with Gasteiger partial charge in [0.25, 0.3) is 0 Å². The van der Waals surface area contributed by atoms with Gasteiger partial charge in [0, 0.05) is 6.42 Å². The van der Waals surface area contributed by atoms with E-state index in [1.165, 1.54) is 23.9 Å². The molecule has 1 rings (SSSR count). The van der Waals surface area contributed by atoms with Gasteiger partial charge < -0.3 is 31.9 Å². The van der Waals surface area contributed by atoms with Crippen molar-refractivity contribution in [1.82, 2.24) is 16.0 Å². The fourth-order valence-corrected chi connectivity index (χ4v) is 4.07. The molecule has 7 N–H and O–H groups in total. The van der Waals surface area contributed by atoms with Gasteiger partial charge in [-0.05, 0) is 54.4 Å². The lowest BCUT2D eigenvalue weighted by molar-refractivity contribution is -0.142. The van der Waals surface area contributed by atoms with E-state index in [1.54, 1.807) is 12.1 Å². The number of nitrogens with one attached hydrogen (secondary N) is 3. The molecule has 0 saturated carbocycles. The molecule has 0 saturated heterocycles. The zero-order chi connectivity index (χ0) is 28.1. The first kappa shape index (κ1) is 32.2. The van der Waals surface area contributed by atoms with Gasteiger partial charge in [-0.25, -0.2) is 4.79 Å². The van der Waals surface area contributed by atoms with E-state index in [-0.39, 0.29) is 30.4 Å². The third kappa shape index (κ3) is 11.4. The summed E-state index contributed by atoms with van der Waals surface area (Å²) in [4.78, 5) is 50.8. The molecule has 0 heterocycles. The topological polar surface area (TPSA) is 171 Å². The first-order valence-electron chi connectivity index (χ1n) is 12.6. The first-order valence-corrected chi connectivity index (χ1v) is 13.9. The molecule has 0 fully saturated rings. The Morgan fingerprint density at radius 2 is 1.46 bits per heavy atom. The Bertz CT molecular complexity index is 896. The average Bonchev–Trinajstić information content (AvgIpc) is 2.85. The Labute approximate surface area is 223 Å². The van der Waals surface area contributed by atoms with Crippen molar-refractivity contribution >= 4 is 35.5 Å². The smallest absolute Gasteiger partial charge is 0.326 e. The van der Waals surface area contributed by atoms with Crippen molar-refractivity contribution in [2.24, 2.45) is 17.6 Å². The van der Waals surface area contributed by atoms with Crippen LogP contribution in [0.15, 0.2) is 24.3 Å². The molecule has 0 aromatic heterocycles. The summed E-state index contributed by atoms with van der Waals surface area (Å²) in [5.41, 5.74) is 6.65. The molecule has 1 aromatic rings. The highest BCUT2D eigenvalue weighted by Crippen LogP contribution is 2.13.